The van der Waals surface area contributed by atoms with E-state index in [1.54, 1.807) is 16.8 Å². The Kier molecular flexibility index (Phi) is 4.34. The van der Waals surface area contributed by atoms with Crippen molar-refractivity contribution in [1.82, 2.24) is 14.7 Å². The molecule has 0 bridgehead atoms. The molecule has 2 saturated heterocycles. The number of carbonyl (C=O) groups is 3. The van der Waals surface area contributed by atoms with Crippen LogP contribution >= 0.6 is 11.8 Å². The van der Waals surface area contributed by atoms with Crippen LogP contribution in [0.15, 0.2) is 0 Å². The SMILES string of the molecule is CN1C(=O)N(CC(=O)N2CCSCC2)C(=O)C12CCCCC2. The average Bonchev–Trinajstić information content (AvgIpc) is 2.73. The first-order chi connectivity index (χ1) is 10.6. The number of nitrogens with zero attached hydrogens (tertiary/aromatic N) is 3. The zero-order valence-electron chi connectivity index (χ0n) is 13.0. The average molecular weight is 325 g/mol. The van der Waals surface area contributed by atoms with E-state index in [1.165, 1.54) is 4.90 Å². The van der Waals surface area contributed by atoms with Crippen LogP contribution in [0.3, 0.4) is 0 Å². The van der Waals surface area contributed by atoms with E-state index in [9.17, 15) is 14.4 Å². The highest BCUT2D eigenvalue weighted by Crippen LogP contribution is 2.39. The minimum atomic E-state index is -0.687. The maximum Gasteiger partial charge on any atom is 0.327 e. The fourth-order valence-electron chi connectivity index (χ4n) is 3.72. The number of carbonyl (C=O) groups excluding carboxylic acids is 3. The molecule has 0 aromatic carbocycles. The summed E-state index contributed by atoms with van der Waals surface area (Å²) in [6, 6.07) is -0.313. The summed E-state index contributed by atoms with van der Waals surface area (Å²) >= 11 is 1.83. The number of rotatable bonds is 2. The van der Waals surface area contributed by atoms with Crippen LogP contribution in [0.4, 0.5) is 4.79 Å². The number of hydrogen-bond acceptors (Lipinski definition) is 4. The van der Waals surface area contributed by atoms with Crippen molar-refractivity contribution in [2.75, 3.05) is 38.2 Å². The van der Waals surface area contributed by atoms with Crippen LogP contribution in [-0.2, 0) is 9.59 Å². The summed E-state index contributed by atoms with van der Waals surface area (Å²) in [5.74, 6) is 1.58. The molecule has 3 fully saturated rings. The van der Waals surface area contributed by atoms with Gasteiger partial charge in [0.2, 0.25) is 5.91 Å². The molecule has 4 amide bonds. The minimum absolute atomic E-state index is 0.103. The molecule has 0 aromatic heterocycles. The van der Waals surface area contributed by atoms with Gasteiger partial charge in [0.1, 0.15) is 12.1 Å². The largest absolute Gasteiger partial charge is 0.339 e. The molecule has 0 radical (unpaired) electrons. The summed E-state index contributed by atoms with van der Waals surface area (Å²) in [6.07, 6.45) is 4.49. The molecule has 1 saturated carbocycles. The lowest BCUT2D eigenvalue weighted by Gasteiger charge is -2.35. The van der Waals surface area contributed by atoms with Gasteiger partial charge in [-0.2, -0.15) is 11.8 Å². The second-order valence-electron chi connectivity index (χ2n) is 6.32. The van der Waals surface area contributed by atoms with Gasteiger partial charge in [0.25, 0.3) is 5.91 Å². The van der Waals surface area contributed by atoms with Crippen LogP contribution < -0.4 is 0 Å². The minimum Gasteiger partial charge on any atom is -0.339 e. The molecule has 2 heterocycles. The van der Waals surface area contributed by atoms with Crippen LogP contribution in [0.5, 0.6) is 0 Å². The zero-order chi connectivity index (χ0) is 15.7. The van der Waals surface area contributed by atoms with Crippen molar-refractivity contribution < 1.29 is 14.4 Å². The van der Waals surface area contributed by atoms with Crippen LogP contribution in [-0.4, -0.2) is 76.3 Å². The van der Waals surface area contributed by atoms with Gasteiger partial charge in [0.05, 0.1) is 0 Å². The van der Waals surface area contributed by atoms with Crippen molar-refractivity contribution in [2.45, 2.75) is 37.6 Å². The van der Waals surface area contributed by atoms with Gasteiger partial charge in [0, 0.05) is 31.6 Å². The fourth-order valence-corrected chi connectivity index (χ4v) is 4.62. The van der Waals surface area contributed by atoms with E-state index < -0.39 is 5.54 Å². The second kappa shape index (κ2) is 6.10. The zero-order valence-corrected chi connectivity index (χ0v) is 13.9. The number of urea groups is 1. The van der Waals surface area contributed by atoms with E-state index in [2.05, 4.69) is 0 Å². The van der Waals surface area contributed by atoms with Crippen molar-refractivity contribution in [2.24, 2.45) is 0 Å². The number of hydrogen-bond donors (Lipinski definition) is 0. The standard InChI is InChI=1S/C15H23N3O3S/c1-16-14(21)18(11-12(19)17-7-9-22-10-8-17)13(20)15(16)5-3-2-4-6-15/h2-11H2,1H3. The lowest BCUT2D eigenvalue weighted by Crippen LogP contribution is -2.50. The van der Waals surface area contributed by atoms with Crippen LogP contribution in [0.1, 0.15) is 32.1 Å². The summed E-state index contributed by atoms with van der Waals surface area (Å²) in [6.45, 7) is 1.32. The smallest absolute Gasteiger partial charge is 0.327 e. The lowest BCUT2D eigenvalue weighted by atomic mass is 9.81. The maximum atomic E-state index is 12.8. The van der Waals surface area contributed by atoms with Crippen molar-refractivity contribution >= 4 is 29.6 Å². The Morgan fingerprint density at radius 3 is 2.41 bits per heavy atom. The van der Waals surface area contributed by atoms with E-state index in [4.69, 9.17) is 0 Å². The molecule has 7 heteroatoms. The molecule has 0 N–H and O–H groups in total. The quantitative estimate of drug-likeness (QED) is 0.715. The predicted octanol–water partition coefficient (Wildman–Crippen LogP) is 1.16. The van der Waals surface area contributed by atoms with Gasteiger partial charge in [-0.1, -0.05) is 19.3 Å². The first-order valence-corrected chi connectivity index (χ1v) is 9.17. The highest BCUT2D eigenvalue weighted by Gasteiger charge is 2.55. The van der Waals surface area contributed by atoms with Gasteiger partial charge in [-0.3, -0.25) is 14.5 Å². The van der Waals surface area contributed by atoms with E-state index >= 15 is 0 Å². The summed E-state index contributed by atoms with van der Waals surface area (Å²) in [5, 5.41) is 0. The first-order valence-electron chi connectivity index (χ1n) is 8.01. The van der Waals surface area contributed by atoms with Crippen molar-refractivity contribution in [3.05, 3.63) is 0 Å². The Balaban J connectivity index is 1.72. The Bertz CT molecular complexity index is 484. The molecular weight excluding hydrogens is 302 g/mol. The highest BCUT2D eigenvalue weighted by atomic mass is 32.2. The maximum absolute atomic E-state index is 12.8. The van der Waals surface area contributed by atoms with Gasteiger partial charge in [0.15, 0.2) is 0 Å². The lowest BCUT2D eigenvalue weighted by molar-refractivity contribution is -0.140. The van der Waals surface area contributed by atoms with E-state index in [-0.39, 0.29) is 24.4 Å². The normalized spacial score (nSPS) is 25.2. The summed E-state index contributed by atoms with van der Waals surface area (Å²) in [5.41, 5.74) is -0.687. The molecule has 3 rings (SSSR count). The van der Waals surface area contributed by atoms with Crippen molar-refractivity contribution in [3.63, 3.8) is 0 Å². The third kappa shape index (κ3) is 2.49. The van der Waals surface area contributed by atoms with E-state index in [0.29, 0.717) is 13.1 Å². The Morgan fingerprint density at radius 1 is 1.14 bits per heavy atom. The molecule has 2 aliphatic heterocycles. The van der Waals surface area contributed by atoms with Gasteiger partial charge in [-0.25, -0.2) is 4.79 Å². The number of likely N-dealkylation sites (N-methyl/N-ethyl adjacent to an activating group) is 1. The molecule has 1 aliphatic carbocycles. The van der Waals surface area contributed by atoms with Gasteiger partial charge >= 0.3 is 6.03 Å². The molecule has 0 aromatic rings. The summed E-state index contributed by atoms with van der Waals surface area (Å²) in [4.78, 5) is 42.2. The molecular formula is C15H23N3O3S. The number of thioether (sulfide) groups is 1. The van der Waals surface area contributed by atoms with Gasteiger partial charge in [-0.15, -0.1) is 0 Å². The number of imide groups is 1. The third-order valence-electron chi connectivity index (χ3n) is 5.14. The fraction of sp³-hybridized carbons (Fsp3) is 0.800. The monoisotopic (exact) mass is 325 g/mol. The van der Waals surface area contributed by atoms with Crippen LogP contribution in [0.2, 0.25) is 0 Å². The van der Waals surface area contributed by atoms with E-state index in [1.807, 2.05) is 11.8 Å². The Morgan fingerprint density at radius 2 is 1.77 bits per heavy atom. The van der Waals surface area contributed by atoms with Crippen molar-refractivity contribution in [1.29, 1.82) is 0 Å². The topological polar surface area (TPSA) is 60.9 Å². The summed E-state index contributed by atoms with van der Waals surface area (Å²) < 4.78 is 0. The second-order valence-corrected chi connectivity index (χ2v) is 7.54. The first kappa shape index (κ1) is 15.6. The predicted molar refractivity (Wildman–Crippen MR) is 84.6 cm³/mol. The Hall–Kier alpha value is -1.24. The van der Waals surface area contributed by atoms with Gasteiger partial charge < -0.3 is 9.80 Å². The van der Waals surface area contributed by atoms with Crippen LogP contribution in [0, 0.1) is 0 Å². The van der Waals surface area contributed by atoms with Crippen molar-refractivity contribution in [3.8, 4) is 0 Å². The molecule has 1 spiro atoms. The molecule has 122 valence electrons. The molecule has 6 nitrogen and oxygen atoms in total. The van der Waals surface area contributed by atoms with Gasteiger partial charge in [-0.05, 0) is 12.8 Å². The van der Waals surface area contributed by atoms with Crippen LogP contribution in [0.25, 0.3) is 0 Å². The third-order valence-corrected chi connectivity index (χ3v) is 6.08. The summed E-state index contributed by atoms with van der Waals surface area (Å²) in [7, 11) is 1.70. The molecule has 3 aliphatic rings. The number of amides is 4. The van der Waals surface area contributed by atoms with E-state index in [0.717, 1.165) is 43.6 Å². The molecule has 0 atom stereocenters. The molecule has 22 heavy (non-hydrogen) atoms. The Labute approximate surface area is 135 Å². The highest BCUT2D eigenvalue weighted by molar-refractivity contribution is 7.99. The molecule has 0 unspecified atom stereocenters.